The van der Waals surface area contributed by atoms with E-state index in [1.165, 1.54) is 23.0 Å². The number of allylic oxidation sites excluding steroid dienone is 1. The minimum absolute atomic E-state index is 0.187. The fraction of sp³-hybridized carbons (Fsp3) is 0.296. The fourth-order valence-corrected chi connectivity index (χ4v) is 5.73. The third-order valence-electron chi connectivity index (χ3n) is 6.03. The Hall–Kier alpha value is -3.57. The Morgan fingerprint density at radius 1 is 1.03 bits per heavy atom. The van der Waals surface area contributed by atoms with Gasteiger partial charge in [0.25, 0.3) is 5.56 Å². The van der Waals surface area contributed by atoms with Gasteiger partial charge in [-0.05, 0) is 55.3 Å². The third kappa shape index (κ3) is 4.95. The fourth-order valence-electron chi connectivity index (χ4n) is 4.25. The number of ether oxygens (including phenoxy) is 5. The van der Waals surface area contributed by atoms with Crippen molar-refractivity contribution >= 4 is 39.3 Å². The monoisotopic (exact) mass is 602 g/mol. The zero-order chi connectivity index (χ0) is 27.6. The molecular weight excluding hydrogens is 576 g/mol. The van der Waals surface area contributed by atoms with Crippen LogP contribution < -0.4 is 33.8 Å². The molecule has 1 aliphatic rings. The van der Waals surface area contributed by atoms with E-state index in [1.807, 2.05) is 0 Å². The lowest BCUT2D eigenvalue weighted by molar-refractivity contribution is -0.139. The number of carbonyl (C=O) groups excluding carboxylic acids is 1. The van der Waals surface area contributed by atoms with Gasteiger partial charge in [-0.3, -0.25) is 9.36 Å². The van der Waals surface area contributed by atoms with Crippen molar-refractivity contribution in [3.63, 3.8) is 0 Å². The topological polar surface area (TPSA) is 97.6 Å². The molecule has 0 saturated carbocycles. The van der Waals surface area contributed by atoms with E-state index in [2.05, 4.69) is 20.9 Å². The number of fused-ring (bicyclic) bond motifs is 1. The number of hydrogen-bond donors (Lipinski definition) is 0. The summed E-state index contributed by atoms with van der Waals surface area (Å²) in [6.07, 6.45) is 1.75. The van der Waals surface area contributed by atoms with Crippen molar-refractivity contribution in [1.82, 2.24) is 4.57 Å². The van der Waals surface area contributed by atoms with Gasteiger partial charge in [0.05, 0.1) is 56.9 Å². The lowest BCUT2D eigenvalue weighted by Crippen LogP contribution is -2.40. The van der Waals surface area contributed by atoms with Crippen LogP contribution in [0.15, 0.2) is 55.9 Å². The normalized spacial score (nSPS) is 15.0. The third-order valence-corrected chi connectivity index (χ3v) is 7.70. The molecule has 0 amide bonds. The summed E-state index contributed by atoms with van der Waals surface area (Å²) in [6.45, 7) is 3.66. The first-order valence-electron chi connectivity index (χ1n) is 11.6. The molecule has 1 aliphatic heterocycles. The molecular formula is C27H27BrN2O7S. The van der Waals surface area contributed by atoms with E-state index in [1.54, 1.807) is 71.6 Å². The molecule has 1 atom stereocenters. The van der Waals surface area contributed by atoms with E-state index in [0.717, 1.165) is 10.0 Å². The Labute approximate surface area is 231 Å². The molecule has 11 heteroatoms. The number of nitrogens with zero attached hydrogens (tertiary/aromatic N) is 2. The number of benzene rings is 2. The Bertz CT molecular complexity index is 1610. The summed E-state index contributed by atoms with van der Waals surface area (Å²) in [5, 5.41) is 0. The standard InChI is InChI=1S/C27H27BrN2O7S/c1-7-37-26(32)23-14(2)29-27-30(24(23)15-8-9-18(33-3)19(10-15)34-4)25(31)22(38-27)12-16-11-20(35-5)21(36-6)13-17(16)28/h8-13,24H,7H2,1-6H3/b22-12-/t24-/m0/s1. The van der Waals surface area contributed by atoms with Gasteiger partial charge in [-0.1, -0.05) is 33.3 Å². The molecule has 0 spiro atoms. The van der Waals surface area contributed by atoms with Gasteiger partial charge in [-0.25, -0.2) is 9.79 Å². The minimum Gasteiger partial charge on any atom is -0.493 e. The number of methoxy groups -OCH3 is 4. The molecule has 200 valence electrons. The zero-order valence-electron chi connectivity index (χ0n) is 21.8. The highest BCUT2D eigenvalue weighted by atomic mass is 79.9. The van der Waals surface area contributed by atoms with E-state index >= 15 is 0 Å². The predicted molar refractivity (Wildman–Crippen MR) is 147 cm³/mol. The summed E-state index contributed by atoms with van der Waals surface area (Å²) >= 11 is 4.78. The van der Waals surface area contributed by atoms with Gasteiger partial charge in [0.2, 0.25) is 0 Å². The highest BCUT2D eigenvalue weighted by Gasteiger charge is 2.34. The molecule has 0 saturated heterocycles. The first kappa shape index (κ1) is 27.5. The zero-order valence-corrected chi connectivity index (χ0v) is 24.2. The lowest BCUT2D eigenvalue weighted by atomic mass is 9.95. The molecule has 4 rings (SSSR count). The van der Waals surface area contributed by atoms with Gasteiger partial charge >= 0.3 is 5.97 Å². The van der Waals surface area contributed by atoms with Crippen LogP contribution in [-0.4, -0.2) is 45.6 Å². The van der Waals surface area contributed by atoms with Gasteiger partial charge in [0.15, 0.2) is 27.8 Å². The molecule has 9 nitrogen and oxygen atoms in total. The van der Waals surface area contributed by atoms with Gasteiger partial charge in [-0.2, -0.15) is 0 Å². The van der Waals surface area contributed by atoms with Crippen LogP contribution in [0.2, 0.25) is 0 Å². The number of thiazole rings is 1. The largest absolute Gasteiger partial charge is 0.493 e. The Balaban J connectivity index is 1.97. The van der Waals surface area contributed by atoms with Crippen molar-refractivity contribution in [2.75, 3.05) is 35.0 Å². The van der Waals surface area contributed by atoms with Gasteiger partial charge < -0.3 is 23.7 Å². The number of aromatic nitrogens is 1. The maximum Gasteiger partial charge on any atom is 0.338 e. The number of esters is 1. The molecule has 2 aromatic carbocycles. The summed E-state index contributed by atoms with van der Waals surface area (Å²) in [7, 11) is 6.17. The van der Waals surface area contributed by atoms with Crippen LogP contribution in [-0.2, 0) is 9.53 Å². The van der Waals surface area contributed by atoms with E-state index < -0.39 is 12.0 Å². The van der Waals surface area contributed by atoms with Crippen molar-refractivity contribution in [3.8, 4) is 23.0 Å². The van der Waals surface area contributed by atoms with E-state index in [9.17, 15) is 9.59 Å². The van der Waals surface area contributed by atoms with Crippen molar-refractivity contribution in [2.24, 2.45) is 4.99 Å². The molecule has 3 aromatic rings. The quantitative estimate of drug-likeness (QED) is 0.363. The number of rotatable bonds is 8. The smallest absolute Gasteiger partial charge is 0.338 e. The van der Waals surface area contributed by atoms with E-state index in [-0.39, 0.29) is 17.7 Å². The van der Waals surface area contributed by atoms with Crippen LogP contribution in [0.1, 0.15) is 31.0 Å². The van der Waals surface area contributed by atoms with Crippen LogP contribution in [0.25, 0.3) is 6.08 Å². The maximum atomic E-state index is 13.9. The van der Waals surface area contributed by atoms with Crippen LogP contribution in [0.5, 0.6) is 23.0 Å². The Morgan fingerprint density at radius 3 is 2.29 bits per heavy atom. The highest BCUT2D eigenvalue weighted by Crippen LogP contribution is 2.36. The molecule has 0 N–H and O–H groups in total. The summed E-state index contributed by atoms with van der Waals surface area (Å²) in [4.78, 5) is 32.1. The first-order chi connectivity index (χ1) is 18.3. The van der Waals surface area contributed by atoms with E-state index in [4.69, 9.17) is 23.7 Å². The molecule has 1 aromatic heterocycles. The first-order valence-corrected chi connectivity index (χ1v) is 13.2. The number of carbonyl (C=O) groups is 1. The molecule has 38 heavy (non-hydrogen) atoms. The molecule has 0 bridgehead atoms. The second-order valence-corrected chi connectivity index (χ2v) is 10.0. The lowest BCUT2D eigenvalue weighted by Gasteiger charge is -2.25. The second-order valence-electron chi connectivity index (χ2n) is 8.15. The molecule has 0 fully saturated rings. The average Bonchev–Trinajstić information content (AvgIpc) is 3.22. The van der Waals surface area contributed by atoms with Crippen LogP contribution in [0, 0.1) is 0 Å². The number of hydrogen-bond acceptors (Lipinski definition) is 9. The molecule has 0 radical (unpaired) electrons. The van der Waals surface area contributed by atoms with Crippen LogP contribution >= 0.6 is 27.3 Å². The van der Waals surface area contributed by atoms with Gasteiger partial charge in [-0.15, -0.1) is 0 Å². The maximum absolute atomic E-state index is 13.9. The predicted octanol–water partition coefficient (Wildman–Crippen LogP) is 3.60. The molecule has 0 aliphatic carbocycles. The highest BCUT2D eigenvalue weighted by molar-refractivity contribution is 9.10. The second kappa shape index (κ2) is 11.4. The van der Waals surface area contributed by atoms with Gasteiger partial charge in [0.1, 0.15) is 0 Å². The average molecular weight is 603 g/mol. The number of halogens is 1. The Morgan fingerprint density at radius 2 is 1.66 bits per heavy atom. The summed E-state index contributed by atoms with van der Waals surface area (Å²) < 4.78 is 29.7. The van der Waals surface area contributed by atoms with Crippen molar-refractivity contribution in [3.05, 3.63) is 76.9 Å². The summed E-state index contributed by atoms with van der Waals surface area (Å²) in [5.74, 6) is 1.55. The van der Waals surface area contributed by atoms with Crippen LogP contribution in [0.3, 0.4) is 0 Å². The van der Waals surface area contributed by atoms with Crippen molar-refractivity contribution in [2.45, 2.75) is 19.9 Å². The SMILES string of the molecule is CCOC(=O)C1=C(C)N=c2s/c(=C\c3cc(OC)c(OC)cc3Br)c(=O)n2[C@H]1c1ccc(OC)c(OC)c1. The van der Waals surface area contributed by atoms with Crippen LogP contribution in [0.4, 0.5) is 0 Å². The Kier molecular flexibility index (Phi) is 8.27. The minimum atomic E-state index is -0.777. The van der Waals surface area contributed by atoms with Crippen molar-refractivity contribution < 1.29 is 28.5 Å². The summed E-state index contributed by atoms with van der Waals surface area (Å²) in [5.41, 5.74) is 1.83. The summed E-state index contributed by atoms with van der Waals surface area (Å²) in [6, 6.07) is 8.07. The van der Waals surface area contributed by atoms with Crippen molar-refractivity contribution in [1.29, 1.82) is 0 Å². The van der Waals surface area contributed by atoms with Gasteiger partial charge in [0, 0.05) is 4.47 Å². The van der Waals surface area contributed by atoms with E-state index in [0.29, 0.717) is 43.6 Å². The molecule has 0 unspecified atom stereocenters. The molecule has 2 heterocycles.